The number of anilines is 1. The largest absolute Gasteiger partial charge is 0.487 e. The second kappa shape index (κ2) is 13.1. The van der Waals surface area contributed by atoms with E-state index in [-0.39, 0.29) is 5.92 Å². The highest BCUT2D eigenvalue weighted by atomic mass is 32.2. The van der Waals surface area contributed by atoms with Gasteiger partial charge in [0.1, 0.15) is 18.2 Å². The van der Waals surface area contributed by atoms with Gasteiger partial charge in [-0.25, -0.2) is 18.4 Å². The number of pyridine rings is 1. The van der Waals surface area contributed by atoms with E-state index in [0.29, 0.717) is 31.0 Å². The third kappa shape index (κ3) is 6.89. The van der Waals surface area contributed by atoms with Gasteiger partial charge in [0.2, 0.25) is 10.0 Å². The van der Waals surface area contributed by atoms with Gasteiger partial charge in [-0.15, -0.1) is 0 Å². The second-order valence-electron chi connectivity index (χ2n) is 12.5. The normalized spacial score (nSPS) is 16.6. The minimum absolute atomic E-state index is 0.187. The number of nitrogens with one attached hydrogen (secondary N) is 1. The van der Waals surface area contributed by atoms with Crippen LogP contribution in [0.5, 0.6) is 5.75 Å². The van der Waals surface area contributed by atoms with Gasteiger partial charge < -0.3 is 14.4 Å². The Morgan fingerprint density at radius 2 is 1.60 bits per heavy atom. The van der Waals surface area contributed by atoms with E-state index in [0.717, 1.165) is 75.7 Å². The summed E-state index contributed by atoms with van der Waals surface area (Å²) in [5.74, 6) is 0.0321. The molecule has 0 radical (unpaired) electrons. The van der Waals surface area contributed by atoms with Crippen LogP contribution >= 0.6 is 0 Å². The van der Waals surface area contributed by atoms with Crippen molar-refractivity contribution in [2.24, 2.45) is 5.92 Å². The van der Waals surface area contributed by atoms with Crippen LogP contribution in [0, 0.1) is 5.92 Å². The number of rotatable bonds is 10. The molecule has 7 rings (SSSR count). The lowest BCUT2D eigenvalue weighted by Gasteiger charge is -2.28. The number of benzene rings is 4. The molecule has 10 heteroatoms. The predicted molar refractivity (Wildman–Crippen MR) is 188 cm³/mol. The van der Waals surface area contributed by atoms with E-state index >= 15 is 0 Å². The highest BCUT2D eigenvalue weighted by molar-refractivity contribution is 7.92. The Hall–Kier alpha value is -5.22. The molecular weight excluding hydrogens is 625 g/mol. The zero-order chi connectivity index (χ0) is 33.3. The SMILES string of the molecule is CS(=O)(=O)Nc1ccc(-c2ccc(Cn3c([C@@H]4CCCC[C@@H]4C(=O)O)nc4cc(OCc5ccc6ccccc6n5)ccc43)cc2)cc1. The van der Waals surface area contributed by atoms with Gasteiger partial charge in [0.05, 0.1) is 34.4 Å². The van der Waals surface area contributed by atoms with Gasteiger partial charge in [-0.05, 0) is 65.9 Å². The van der Waals surface area contributed by atoms with Gasteiger partial charge in [0, 0.05) is 29.6 Å². The van der Waals surface area contributed by atoms with Crippen LogP contribution in [0.3, 0.4) is 0 Å². The van der Waals surface area contributed by atoms with Crippen molar-refractivity contribution < 1.29 is 23.1 Å². The van der Waals surface area contributed by atoms with E-state index in [1.165, 1.54) is 0 Å². The van der Waals surface area contributed by atoms with Gasteiger partial charge >= 0.3 is 5.97 Å². The van der Waals surface area contributed by atoms with Gasteiger partial charge in [-0.3, -0.25) is 9.52 Å². The summed E-state index contributed by atoms with van der Waals surface area (Å²) in [4.78, 5) is 22.1. The Morgan fingerprint density at radius 3 is 2.35 bits per heavy atom. The zero-order valence-electron chi connectivity index (χ0n) is 26.5. The number of carboxylic acids is 1. The zero-order valence-corrected chi connectivity index (χ0v) is 27.4. The molecular formula is C38H36N4O5S. The second-order valence-corrected chi connectivity index (χ2v) is 14.2. The fourth-order valence-corrected chi connectivity index (χ4v) is 7.24. The van der Waals surface area contributed by atoms with Crippen molar-refractivity contribution in [2.75, 3.05) is 11.0 Å². The minimum Gasteiger partial charge on any atom is -0.487 e. The molecule has 0 unspecified atom stereocenters. The monoisotopic (exact) mass is 660 g/mol. The summed E-state index contributed by atoms with van der Waals surface area (Å²) < 4.78 is 33.9. The number of carboxylic acid groups (broad SMARTS) is 1. The number of nitrogens with zero attached hydrogens (tertiary/aromatic N) is 3. The molecule has 4 aromatic carbocycles. The van der Waals surface area contributed by atoms with Crippen molar-refractivity contribution >= 4 is 43.6 Å². The number of hydrogen-bond acceptors (Lipinski definition) is 6. The summed E-state index contributed by atoms with van der Waals surface area (Å²) >= 11 is 0. The van der Waals surface area contributed by atoms with Crippen LogP contribution < -0.4 is 9.46 Å². The number of ether oxygens (including phenoxy) is 1. The van der Waals surface area contributed by atoms with Crippen LogP contribution in [0.15, 0.2) is 103 Å². The van der Waals surface area contributed by atoms with Crippen molar-refractivity contribution in [2.45, 2.75) is 44.8 Å². The lowest BCUT2D eigenvalue weighted by molar-refractivity contribution is -0.143. The Labute approximate surface area is 279 Å². The molecule has 0 aliphatic heterocycles. The molecule has 244 valence electrons. The first-order valence-corrected chi connectivity index (χ1v) is 18.0. The van der Waals surface area contributed by atoms with Crippen LogP contribution in [0.2, 0.25) is 0 Å². The highest BCUT2D eigenvalue weighted by Gasteiger charge is 2.35. The van der Waals surface area contributed by atoms with Gasteiger partial charge in [-0.2, -0.15) is 0 Å². The van der Waals surface area contributed by atoms with Crippen molar-refractivity contribution in [3.8, 4) is 16.9 Å². The quantitative estimate of drug-likeness (QED) is 0.155. The van der Waals surface area contributed by atoms with E-state index in [9.17, 15) is 18.3 Å². The maximum atomic E-state index is 12.3. The number of sulfonamides is 1. The predicted octanol–water partition coefficient (Wildman–Crippen LogP) is 7.61. The Kier molecular flexibility index (Phi) is 8.58. The van der Waals surface area contributed by atoms with Gasteiger partial charge in [0.15, 0.2) is 0 Å². The van der Waals surface area contributed by atoms with E-state index in [2.05, 4.69) is 21.4 Å². The topological polar surface area (TPSA) is 123 Å². The van der Waals surface area contributed by atoms with Crippen LogP contribution in [-0.2, 0) is 28.0 Å². The number of imidazole rings is 1. The number of hydrogen-bond donors (Lipinski definition) is 2. The molecule has 1 saturated carbocycles. The van der Waals surface area contributed by atoms with Crippen LogP contribution in [0.4, 0.5) is 5.69 Å². The fraction of sp³-hybridized carbons (Fsp3) is 0.237. The summed E-state index contributed by atoms with van der Waals surface area (Å²) in [7, 11) is -3.34. The molecule has 9 nitrogen and oxygen atoms in total. The molecule has 2 atom stereocenters. The Balaban J connectivity index is 1.17. The average molecular weight is 661 g/mol. The first-order chi connectivity index (χ1) is 23.2. The van der Waals surface area contributed by atoms with Crippen molar-refractivity contribution in [3.63, 3.8) is 0 Å². The van der Waals surface area contributed by atoms with E-state index in [1.54, 1.807) is 12.1 Å². The minimum atomic E-state index is -3.34. The molecule has 48 heavy (non-hydrogen) atoms. The number of carbonyl (C=O) groups is 1. The Morgan fingerprint density at radius 1 is 0.875 bits per heavy atom. The lowest BCUT2D eigenvalue weighted by Crippen LogP contribution is -2.27. The smallest absolute Gasteiger partial charge is 0.307 e. The summed E-state index contributed by atoms with van der Waals surface area (Å²) in [6.45, 7) is 0.851. The average Bonchev–Trinajstić information content (AvgIpc) is 3.44. The molecule has 0 spiro atoms. The number of aromatic nitrogens is 3. The molecule has 2 heterocycles. The molecule has 2 N–H and O–H groups in total. The summed E-state index contributed by atoms with van der Waals surface area (Å²) in [5.41, 5.74) is 6.98. The highest BCUT2D eigenvalue weighted by Crippen LogP contribution is 2.39. The first-order valence-electron chi connectivity index (χ1n) is 16.1. The van der Waals surface area contributed by atoms with Crippen LogP contribution in [-0.4, -0.2) is 40.3 Å². The van der Waals surface area contributed by atoms with E-state index < -0.39 is 21.9 Å². The molecule has 6 aromatic rings. The lowest BCUT2D eigenvalue weighted by atomic mass is 9.78. The van der Waals surface area contributed by atoms with Crippen molar-refractivity contribution in [3.05, 3.63) is 120 Å². The maximum absolute atomic E-state index is 12.3. The third-order valence-corrected chi connectivity index (χ3v) is 9.63. The number of para-hydroxylation sites is 1. The van der Waals surface area contributed by atoms with Crippen LogP contribution in [0.25, 0.3) is 33.1 Å². The molecule has 0 bridgehead atoms. The van der Waals surface area contributed by atoms with Crippen molar-refractivity contribution in [1.82, 2.24) is 14.5 Å². The first kappa shape index (κ1) is 31.4. The fourth-order valence-electron chi connectivity index (χ4n) is 6.68. The maximum Gasteiger partial charge on any atom is 0.307 e. The van der Waals surface area contributed by atoms with Crippen LogP contribution in [0.1, 0.15) is 48.7 Å². The third-order valence-electron chi connectivity index (χ3n) is 9.02. The number of fused-ring (bicyclic) bond motifs is 2. The van der Waals surface area contributed by atoms with Crippen molar-refractivity contribution in [1.29, 1.82) is 0 Å². The van der Waals surface area contributed by atoms with Gasteiger partial charge in [-0.1, -0.05) is 73.5 Å². The standard InChI is InChI=1S/C38H36N4O5S/c1-48(45,46)41-29-17-14-27(15-18-29)26-12-10-25(11-13-26)23-42-36-21-20-31(47-24-30-19-16-28-6-2-5-9-34(28)39-30)22-35(36)40-37(42)32-7-3-4-8-33(32)38(43)44/h2,5-6,9-22,32-33,41H,3-4,7-8,23-24H2,1H3,(H,43,44)/t32-,33+/m1/s1. The van der Waals surface area contributed by atoms with E-state index in [1.807, 2.05) is 78.9 Å². The molecule has 2 aromatic heterocycles. The summed E-state index contributed by atoms with van der Waals surface area (Å²) in [6.07, 6.45) is 4.42. The molecule has 1 fully saturated rings. The Bertz CT molecular complexity index is 2210. The number of aliphatic carboxylic acids is 1. The molecule has 1 aliphatic rings. The van der Waals surface area contributed by atoms with Gasteiger partial charge in [0.25, 0.3) is 0 Å². The van der Waals surface area contributed by atoms with E-state index in [4.69, 9.17) is 14.7 Å². The summed E-state index contributed by atoms with van der Waals surface area (Å²) in [6, 6.07) is 33.4. The molecule has 1 aliphatic carbocycles. The molecule has 0 saturated heterocycles. The summed E-state index contributed by atoms with van der Waals surface area (Å²) in [5, 5.41) is 11.2. The molecule has 0 amide bonds.